The molecule has 0 radical (unpaired) electrons. The number of hydrogen-bond acceptors (Lipinski definition) is 5. The maximum atomic E-state index is 5.77. The molecule has 5 heteroatoms. The van der Waals surface area contributed by atoms with Gasteiger partial charge in [0.05, 0.1) is 5.69 Å². The van der Waals surface area contributed by atoms with E-state index in [9.17, 15) is 0 Å². The highest BCUT2D eigenvalue weighted by Crippen LogP contribution is 2.35. The Morgan fingerprint density at radius 1 is 1.11 bits per heavy atom. The van der Waals surface area contributed by atoms with Gasteiger partial charge >= 0.3 is 0 Å². The molecule has 0 fully saturated rings. The predicted molar refractivity (Wildman–Crippen MR) is 72.1 cm³/mol. The smallest absolute Gasteiger partial charge is 0.231 e. The van der Waals surface area contributed by atoms with Crippen LogP contribution in [0.15, 0.2) is 24.3 Å². The molecule has 98 valence electrons. The molecule has 3 rings (SSSR count). The third kappa shape index (κ3) is 2.19. The lowest BCUT2D eigenvalue weighted by Gasteiger charge is -2.08. The number of hydrogen-bond donors (Lipinski definition) is 1. The van der Waals surface area contributed by atoms with Gasteiger partial charge in [0.25, 0.3) is 0 Å². The van der Waals surface area contributed by atoms with E-state index in [-0.39, 0.29) is 6.79 Å². The van der Waals surface area contributed by atoms with Crippen LogP contribution in [0.2, 0.25) is 0 Å². The van der Waals surface area contributed by atoms with E-state index in [0.717, 1.165) is 28.5 Å². The van der Waals surface area contributed by atoms with E-state index < -0.39 is 0 Å². The molecule has 0 unspecified atom stereocenters. The van der Waals surface area contributed by atoms with Gasteiger partial charge < -0.3 is 15.2 Å². The Balaban J connectivity index is 2.06. The van der Waals surface area contributed by atoms with Crippen LogP contribution in [0.3, 0.4) is 0 Å². The van der Waals surface area contributed by atoms with Crippen molar-refractivity contribution in [2.45, 2.75) is 19.8 Å². The Labute approximate surface area is 111 Å². The number of nitrogens with zero attached hydrogens (tertiary/aromatic N) is 2. The first-order valence-electron chi connectivity index (χ1n) is 6.18. The van der Waals surface area contributed by atoms with E-state index in [1.54, 1.807) is 0 Å². The van der Waals surface area contributed by atoms with E-state index >= 15 is 0 Å². The molecular weight excluding hydrogens is 242 g/mol. The van der Waals surface area contributed by atoms with Gasteiger partial charge in [0, 0.05) is 11.3 Å². The Hall–Kier alpha value is -2.30. The lowest BCUT2D eigenvalue weighted by atomic mass is 10.1. The van der Waals surface area contributed by atoms with Crippen LogP contribution >= 0.6 is 0 Å². The molecule has 2 N–H and O–H groups in total. The molecule has 0 amide bonds. The number of benzene rings is 1. The Kier molecular flexibility index (Phi) is 2.74. The molecule has 2 heterocycles. The third-order valence-corrected chi connectivity index (χ3v) is 3.02. The molecule has 0 atom stereocenters. The second kappa shape index (κ2) is 4.42. The number of aromatic nitrogens is 2. The summed E-state index contributed by atoms with van der Waals surface area (Å²) in [6.45, 7) is 4.42. The summed E-state index contributed by atoms with van der Waals surface area (Å²) in [6, 6.07) is 7.69. The maximum absolute atomic E-state index is 5.77. The van der Waals surface area contributed by atoms with Gasteiger partial charge in [-0.05, 0) is 30.2 Å². The molecule has 0 aliphatic carbocycles. The van der Waals surface area contributed by atoms with Crippen molar-refractivity contribution in [1.82, 2.24) is 9.97 Å². The number of fused-ring (bicyclic) bond motifs is 1. The first-order valence-corrected chi connectivity index (χ1v) is 6.18. The summed E-state index contributed by atoms with van der Waals surface area (Å²) in [4.78, 5) is 8.52. The zero-order chi connectivity index (χ0) is 13.4. The summed E-state index contributed by atoms with van der Waals surface area (Å²) in [5, 5.41) is 0. The average molecular weight is 257 g/mol. The lowest BCUT2D eigenvalue weighted by molar-refractivity contribution is 0.174. The molecule has 2 aromatic rings. The van der Waals surface area contributed by atoms with Gasteiger partial charge in [0.1, 0.15) is 0 Å². The molecule has 0 spiro atoms. The maximum Gasteiger partial charge on any atom is 0.231 e. The van der Waals surface area contributed by atoms with Crippen molar-refractivity contribution in [2.24, 2.45) is 0 Å². The van der Waals surface area contributed by atoms with Crippen molar-refractivity contribution in [2.75, 3.05) is 12.5 Å². The first kappa shape index (κ1) is 11.8. The second-order valence-corrected chi connectivity index (χ2v) is 4.76. The Bertz CT molecular complexity index is 626. The fourth-order valence-corrected chi connectivity index (χ4v) is 1.98. The average Bonchev–Trinajstić information content (AvgIpc) is 2.85. The minimum atomic E-state index is 0.266. The van der Waals surface area contributed by atoms with Crippen LogP contribution in [0.1, 0.15) is 25.5 Å². The molecule has 1 aliphatic heterocycles. The third-order valence-electron chi connectivity index (χ3n) is 3.02. The van der Waals surface area contributed by atoms with Gasteiger partial charge in [-0.3, -0.25) is 0 Å². The van der Waals surface area contributed by atoms with Gasteiger partial charge in [0.15, 0.2) is 11.5 Å². The quantitative estimate of drug-likeness (QED) is 0.895. The normalized spacial score (nSPS) is 13.0. The minimum absolute atomic E-state index is 0.266. The highest BCUT2D eigenvalue weighted by molar-refractivity contribution is 5.65. The van der Waals surface area contributed by atoms with Crippen molar-refractivity contribution in [3.63, 3.8) is 0 Å². The van der Waals surface area contributed by atoms with Crippen LogP contribution in [0.5, 0.6) is 11.5 Å². The van der Waals surface area contributed by atoms with Crippen LogP contribution in [-0.4, -0.2) is 16.8 Å². The number of anilines is 1. The zero-order valence-electron chi connectivity index (χ0n) is 10.9. The molecule has 1 aromatic carbocycles. The van der Waals surface area contributed by atoms with E-state index in [1.807, 2.05) is 24.3 Å². The van der Waals surface area contributed by atoms with Gasteiger partial charge in [0.2, 0.25) is 12.7 Å². The molecule has 1 aromatic heterocycles. The summed E-state index contributed by atoms with van der Waals surface area (Å²) in [5.41, 5.74) is 8.45. The number of rotatable bonds is 2. The monoisotopic (exact) mass is 257 g/mol. The largest absolute Gasteiger partial charge is 0.454 e. The van der Waals surface area contributed by atoms with Gasteiger partial charge in [-0.15, -0.1) is 0 Å². The van der Waals surface area contributed by atoms with Crippen molar-refractivity contribution < 1.29 is 9.47 Å². The van der Waals surface area contributed by atoms with E-state index in [2.05, 4.69) is 23.8 Å². The summed E-state index contributed by atoms with van der Waals surface area (Å²) in [7, 11) is 0. The lowest BCUT2D eigenvalue weighted by Crippen LogP contribution is -2.02. The first-order chi connectivity index (χ1) is 9.13. The van der Waals surface area contributed by atoms with Crippen molar-refractivity contribution >= 4 is 5.95 Å². The van der Waals surface area contributed by atoms with Crippen LogP contribution in [0, 0.1) is 0 Å². The fraction of sp³-hybridized carbons (Fsp3) is 0.286. The predicted octanol–water partition coefficient (Wildman–Crippen LogP) is 2.58. The SMILES string of the molecule is CC(C)c1cc(-c2ccc3c(c2)OCO3)nc(N)n1. The van der Waals surface area contributed by atoms with Crippen molar-refractivity contribution in [1.29, 1.82) is 0 Å². The van der Waals surface area contributed by atoms with Gasteiger partial charge in [-0.1, -0.05) is 13.8 Å². The molecule has 5 nitrogen and oxygen atoms in total. The summed E-state index contributed by atoms with van der Waals surface area (Å²) in [5.74, 6) is 2.09. The number of ether oxygens (including phenoxy) is 2. The van der Waals surface area contributed by atoms with Crippen LogP contribution in [0.25, 0.3) is 11.3 Å². The molecule has 19 heavy (non-hydrogen) atoms. The van der Waals surface area contributed by atoms with E-state index in [4.69, 9.17) is 15.2 Å². The van der Waals surface area contributed by atoms with Crippen LogP contribution in [0.4, 0.5) is 5.95 Å². The van der Waals surface area contributed by atoms with Gasteiger partial charge in [-0.2, -0.15) is 0 Å². The van der Waals surface area contributed by atoms with E-state index in [0.29, 0.717) is 11.9 Å². The summed E-state index contributed by atoms with van der Waals surface area (Å²) in [6.07, 6.45) is 0. The molecular formula is C14H15N3O2. The fourth-order valence-electron chi connectivity index (χ4n) is 1.98. The Morgan fingerprint density at radius 3 is 2.68 bits per heavy atom. The number of nitrogen functional groups attached to an aromatic ring is 1. The second-order valence-electron chi connectivity index (χ2n) is 4.76. The molecule has 1 aliphatic rings. The molecule has 0 saturated carbocycles. The van der Waals surface area contributed by atoms with Crippen LogP contribution in [-0.2, 0) is 0 Å². The van der Waals surface area contributed by atoms with Crippen LogP contribution < -0.4 is 15.2 Å². The standard InChI is InChI=1S/C14H15N3O2/c1-8(2)10-6-11(17-14(15)16-10)9-3-4-12-13(5-9)19-7-18-12/h3-6,8H,7H2,1-2H3,(H2,15,16,17). The summed E-state index contributed by atoms with van der Waals surface area (Å²) >= 11 is 0. The molecule has 0 bridgehead atoms. The van der Waals surface area contributed by atoms with E-state index in [1.165, 1.54) is 0 Å². The molecule has 0 saturated heterocycles. The highest BCUT2D eigenvalue weighted by atomic mass is 16.7. The Morgan fingerprint density at radius 2 is 1.89 bits per heavy atom. The topological polar surface area (TPSA) is 70.3 Å². The summed E-state index contributed by atoms with van der Waals surface area (Å²) < 4.78 is 10.7. The van der Waals surface area contributed by atoms with Crippen molar-refractivity contribution in [3.05, 3.63) is 30.0 Å². The zero-order valence-corrected chi connectivity index (χ0v) is 10.9. The highest BCUT2D eigenvalue weighted by Gasteiger charge is 2.15. The van der Waals surface area contributed by atoms with Crippen molar-refractivity contribution in [3.8, 4) is 22.8 Å². The van der Waals surface area contributed by atoms with Gasteiger partial charge in [-0.25, -0.2) is 9.97 Å². The number of nitrogens with two attached hydrogens (primary N) is 1. The minimum Gasteiger partial charge on any atom is -0.454 e.